The Balaban J connectivity index is 1.28. The van der Waals surface area contributed by atoms with E-state index in [1.807, 2.05) is 29.5 Å². The predicted octanol–water partition coefficient (Wildman–Crippen LogP) is 10.6. The molecule has 41 heavy (non-hydrogen) atoms. The molecule has 0 aliphatic heterocycles. The zero-order valence-corrected chi connectivity index (χ0v) is 22.7. The van der Waals surface area contributed by atoms with Crippen LogP contribution in [0.5, 0.6) is 0 Å². The molecule has 0 N–H and O–H groups in total. The predicted molar refractivity (Wildman–Crippen MR) is 172 cm³/mol. The van der Waals surface area contributed by atoms with E-state index in [0.29, 0.717) is 0 Å². The minimum absolute atomic E-state index is 0.923. The van der Waals surface area contributed by atoms with Crippen molar-refractivity contribution in [2.24, 2.45) is 0 Å². The van der Waals surface area contributed by atoms with E-state index in [1.54, 1.807) is 0 Å². The van der Waals surface area contributed by atoms with E-state index in [0.717, 1.165) is 50.0 Å². The van der Waals surface area contributed by atoms with Crippen LogP contribution in [0.1, 0.15) is 0 Å². The Bertz CT molecular complexity index is 2410. The maximum Gasteiger partial charge on any atom is 0.145 e. The summed E-state index contributed by atoms with van der Waals surface area (Å²) in [6.07, 6.45) is 0. The van der Waals surface area contributed by atoms with Crippen LogP contribution in [-0.4, -0.2) is 9.55 Å². The molecule has 0 saturated carbocycles. The first-order chi connectivity index (χ1) is 20.3. The van der Waals surface area contributed by atoms with Gasteiger partial charge in [-0.1, -0.05) is 91.0 Å². The second-order valence-electron chi connectivity index (χ2n) is 10.4. The number of para-hydroxylation sites is 4. The van der Waals surface area contributed by atoms with Gasteiger partial charge in [0.2, 0.25) is 0 Å². The Labute approximate surface area is 239 Å². The molecule has 0 saturated heterocycles. The number of hydrogen-bond donors (Lipinski definition) is 0. The SMILES string of the molecule is c1ccc(-n2c(-c3ccc(-c4cc5c6ccccc6oc5c5c4sc4ccccc45)cc3)nc3ccccc32)cc1. The molecule has 0 fully saturated rings. The first kappa shape index (κ1) is 22.6. The molecule has 0 amide bonds. The van der Waals surface area contributed by atoms with Crippen LogP contribution in [-0.2, 0) is 0 Å². The summed E-state index contributed by atoms with van der Waals surface area (Å²) >= 11 is 1.83. The van der Waals surface area contributed by atoms with Gasteiger partial charge in [0, 0.05) is 47.8 Å². The number of benzene rings is 6. The number of hydrogen-bond acceptors (Lipinski definition) is 3. The topological polar surface area (TPSA) is 31.0 Å². The standard InChI is InChI=1S/C37H22N2OS/c1-2-10-25(11-3-1)39-31-15-7-6-14-30(31)38-37(39)24-20-18-23(19-21-24)28-22-29-26-12-4-8-16-32(26)40-35(29)34-27-13-5-9-17-33(27)41-36(28)34/h1-22H. The molecule has 0 spiro atoms. The van der Waals surface area contributed by atoms with E-state index in [4.69, 9.17) is 9.40 Å². The molecule has 0 unspecified atom stereocenters. The monoisotopic (exact) mass is 542 g/mol. The van der Waals surface area contributed by atoms with Gasteiger partial charge >= 0.3 is 0 Å². The summed E-state index contributed by atoms with van der Waals surface area (Å²) in [7, 11) is 0. The van der Waals surface area contributed by atoms with Gasteiger partial charge in [-0.25, -0.2) is 4.98 Å². The highest BCUT2D eigenvalue weighted by molar-refractivity contribution is 7.26. The van der Waals surface area contributed by atoms with Crippen molar-refractivity contribution >= 4 is 64.5 Å². The normalized spacial score (nSPS) is 11.9. The third-order valence-corrected chi connectivity index (χ3v) is 9.22. The number of imidazole rings is 1. The van der Waals surface area contributed by atoms with Crippen LogP contribution in [0, 0.1) is 0 Å². The number of furan rings is 1. The number of thiophene rings is 1. The summed E-state index contributed by atoms with van der Waals surface area (Å²) in [5.74, 6) is 0.937. The van der Waals surface area contributed by atoms with Crippen LogP contribution in [0.15, 0.2) is 138 Å². The lowest BCUT2D eigenvalue weighted by atomic mass is 9.98. The molecule has 192 valence electrons. The smallest absolute Gasteiger partial charge is 0.145 e. The van der Waals surface area contributed by atoms with E-state index >= 15 is 0 Å². The molecular weight excluding hydrogens is 520 g/mol. The van der Waals surface area contributed by atoms with Gasteiger partial charge in [-0.15, -0.1) is 11.3 Å². The van der Waals surface area contributed by atoms with Gasteiger partial charge in [-0.3, -0.25) is 4.57 Å². The third kappa shape index (κ3) is 3.35. The molecule has 0 bridgehead atoms. The fourth-order valence-electron chi connectivity index (χ4n) is 6.14. The summed E-state index contributed by atoms with van der Waals surface area (Å²) in [4.78, 5) is 5.06. The highest BCUT2D eigenvalue weighted by atomic mass is 32.1. The van der Waals surface area contributed by atoms with Crippen LogP contribution >= 0.6 is 11.3 Å². The van der Waals surface area contributed by atoms with Gasteiger partial charge < -0.3 is 4.42 Å². The van der Waals surface area contributed by atoms with Crippen LogP contribution in [0.2, 0.25) is 0 Å². The molecule has 3 nitrogen and oxygen atoms in total. The first-order valence-electron chi connectivity index (χ1n) is 13.7. The highest BCUT2D eigenvalue weighted by Gasteiger charge is 2.20. The lowest BCUT2D eigenvalue weighted by molar-refractivity contribution is 0.673. The van der Waals surface area contributed by atoms with Crippen molar-refractivity contribution in [2.45, 2.75) is 0 Å². The number of rotatable bonds is 3. The third-order valence-electron chi connectivity index (χ3n) is 8.02. The van der Waals surface area contributed by atoms with Crippen LogP contribution < -0.4 is 0 Å². The summed E-state index contributed by atoms with van der Waals surface area (Å²) in [6, 6.07) is 46.9. The van der Waals surface area contributed by atoms with Gasteiger partial charge in [0.05, 0.1) is 11.0 Å². The molecular formula is C37H22N2OS. The molecule has 0 aliphatic carbocycles. The van der Waals surface area contributed by atoms with E-state index in [9.17, 15) is 0 Å². The lowest BCUT2D eigenvalue weighted by Crippen LogP contribution is -1.97. The Morgan fingerprint density at radius 2 is 1.32 bits per heavy atom. The Morgan fingerprint density at radius 1 is 0.610 bits per heavy atom. The number of aromatic nitrogens is 2. The molecule has 0 atom stereocenters. The Hall–Kier alpha value is -5.19. The fraction of sp³-hybridized carbons (Fsp3) is 0. The zero-order valence-electron chi connectivity index (χ0n) is 21.9. The molecule has 6 aromatic carbocycles. The number of fused-ring (bicyclic) bond motifs is 8. The molecule has 0 aliphatic rings. The van der Waals surface area contributed by atoms with Crippen molar-refractivity contribution in [3.8, 4) is 28.2 Å². The van der Waals surface area contributed by atoms with Gasteiger partial charge in [-0.05, 0) is 48.0 Å². The minimum Gasteiger partial charge on any atom is -0.455 e. The minimum atomic E-state index is 0.923. The zero-order chi connectivity index (χ0) is 26.9. The first-order valence-corrected chi connectivity index (χ1v) is 14.5. The van der Waals surface area contributed by atoms with Gasteiger partial charge in [-0.2, -0.15) is 0 Å². The molecule has 0 radical (unpaired) electrons. The van der Waals surface area contributed by atoms with E-state index in [2.05, 4.69) is 120 Å². The highest BCUT2D eigenvalue weighted by Crippen LogP contribution is 2.46. The maximum absolute atomic E-state index is 6.48. The second-order valence-corrected chi connectivity index (χ2v) is 11.4. The summed E-state index contributed by atoms with van der Waals surface area (Å²) in [5.41, 5.74) is 8.56. The Kier molecular flexibility index (Phi) is 4.77. The van der Waals surface area contributed by atoms with Crippen molar-refractivity contribution < 1.29 is 4.42 Å². The van der Waals surface area contributed by atoms with Crippen molar-refractivity contribution in [3.63, 3.8) is 0 Å². The van der Waals surface area contributed by atoms with Crippen LogP contribution in [0.3, 0.4) is 0 Å². The Morgan fingerprint density at radius 3 is 2.20 bits per heavy atom. The second kappa shape index (κ2) is 8.65. The average Bonchev–Trinajstić information content (AvgIpc) is 3.72. The quantitative estimate of drug-likeness (QED) is 0.222. The van der Waals surface area contributed by atoms with Crippen molar-refractivity contribution in [1.29, 1.82) is 0 Å². The molecule has 4 heteroatoms. The summed E-state index contributed by atoms with van der Waals surface area (Å²) < 4.78 is 11.2. The van der Waals surface area contributed by atoms with Gasteiger partial charge in [0.25, 0.3) is 0 Å². The molecule has 9 aromatic rings. The fourth-order valence-corrected chi connectivity index (χ4v) is 7.37. The largest absolute Gasteiger partial charge is 0.455 e. The average molecular weight is 543 g/mol. The van der Waals surface area contributed by atoms with E-state index in [-0.39, 0.29) is 0 Å². The molecule has 3 heterocycles. The van der Waals surface area contributed by atoms with E-state index in [1.165, 1.54) is 31.3 Å². The van der Waals surface area contributed by atoms with Crippen molar-refractivity contribution in [1.82, 2.24) is 9.55 Å². The molecule has 3 aromatic heterocycles. The van der Waals surface area contributed by atoms with Crippen LogP contribution in [0.25, 0.3) is 81.3 Å². The lowest BCUT2D eigenvalue weighted by Gasteiger charge is -2.11. The van der Waals surface area contributed by atoms with E-state index < -0.39 is 0 Å². The summed E-state index contributed by atoms with van der Waals surface area (Å²) in [5, 5.41) is 4.74. The van der Waals surface area contributed by atoms with Gasteiger partial charge in [0.1, 0.15) is 17.0 Å². The number of nitrogens with zero attached hydrogens (tertiary/aromatic N) is 2. The summed E-state index contributed by atoms with van der Waals surface area (Å²) in [6.45, 7) is 0. The van der Waals surface area contributed by atoms with Crippen molar-refractivity contribution in [2.75, 3.05) is 0 Å². The maximum atomic E-state index is 6.48. The van der Waals surface area contributed by atoms with Gasteiger partial charge in [0.15, 0.2) is 0 Å². The van der Waals surface area contributed by atoms with Crippen molar-refractivity contribution in [3.05, 3.63) is 133 Å². The van der Waals surface area contributed by atoms with Crippen LogP contribution in [0.4, 0.5) is 0 Å². The molecule has 9 rings (SSSR count).